The van der Waals surface area contributed by atoms with Crippen LogP contribution in [0, 0.1) is 11.8 Å². The molecule has 2 fully saturated rings. The monoisotopic (exact) mass is 673 g/mol. The number of alkyl carbamates (subject to hydrolysis) is 1. The first-order valence-corrected chi connectivity index (χ1v) is 18.2. The van der Waals surface area contributed by atoms with Crippen molar-refractivity contribution in [3.05, 3.63) is 94.0 Å². The quantitative estimate of drug-likeness (QED) is 0.160. The van der Waals surface area contributed by atoms with Gasteiger partial charge in [0.05, 0.1) is 12.7 Å². The summed E-state index contributed by atoms with van der Waals surface area (Å²) in [5.74, 6) is 0.528. The lowest BCUT2D eigenvalue weighted by Crippen LogP contribution is -2.48. The van der Waals surface area contributed by atoms with E-state index in [4.69, 9.17) is 16.3 Å². The third-order valence-corrected chi connectivity index (χ3v) is 10.7. The van der Waals surface area contributed by atoms with Gasteiger partial charge >= 0.3 is 6.09 Å². The number of rotatable bonds is 13. The Balaban J connectivity index is 1.35. The van der Waals surface area contributed by atoms with Gasteiger partial charge in [0.15, 0.2) is 0 Å². The number of nitrogens with zero attached hydrogens (tertiary/aromatic N) is 1. The van der Waals surface area contributed by atoms with Gasteiger partial charge in [-0.25, -0.2) is 4.79 Å². The first-order chi connectivity index (χ1) is 23.3. The molecular weight excluding hydrogens is 622 g/mol. The van der Waals surface area contributed by atoms with Crippen LogP contribution in [0.2, 0.25) is 5.02 Å². The molecule has 2 amide bonds. The summed E-state index contributed by atoms with van der Waals surface area (Å²) in [7, 11) is 1.34. The van der Waals surface area contributed by atoms with E-state index in [0.717, 1.165) is 55.0 Å². The van der Waals surface area contributed by atoms with E-state index >= 15 is 0 Å². The van der Waals surface area contributed by atoms with E-state index < -0.39 is 11.7 Å². The number of carbonyl (C=O) groups excluding carboxylic acids is 2. The summed E-state index contributed by atoms with van der Waals surface area (Å²) in [6.07, 6.45) is 9.53. The molecule has 258 valence electrons. The number of aliphatic hydroxyl groups is 1. The van der Waals surface area contributed by atoms with E-state index in [9.17, 15) is 14.7 Å². The highest BCUT2D eigenvalue weighted by Crippen LogP contribution is 2.46. The van der Waals surface area contributed by atoms with Crippen LogP contribution in [-0.4, -0.2) is 55.3 Å². The molecule has 3 aromatic rings. The molecule has 2 atom stereocenters. The summed E-state index contributed by atoms with van der Waals surface area (Å²) in [6.45, 7) is 5.39. The Morgan fingerprint density at radius 2 is 1.75 bits per heavy atom. The summed E-state index contributed by atoms with van der Waals surface area (Å²) in [5.41, 5.74) is 4.25. The maximum Gasteiger partial charge on any atom is 0.406 e. The minimum atomic E-state index is -1.30. The fourth-order valence-electron chi connectivity index (χ4n) is 7.62. The largest absolute Gasteiger partial charge is 0.453 e. The van der Waals surface area contributed by atoms with Gasteiger partial charge in [0.2, 0.25) is 0 Å². The average molecular weight is 674 g/mol. The molecule has 7 nitrogen and oxygen atoms in total. The van der Waals surface area contributed by atoms with Gasteiger partial charge in [-0.3, -0.25) is 4.79 Å². The Kier molecular flexibility index (Phi) is 13.0. The van der Waals surface area contributed by atoms with Gasteiger partial charge in [0.25, 0.3) is 5.91 Å². The molecule has 1 aliphatic heterocycles. The number of aryl methyl sites for hydroxylation is 1. The summed E-state index contributed by atoms with van der Waals surface area (Å²) in [6, 6.07) is 22.0. The molecule has 3 N–H and O–H groups in total. The SMILES string of the molecule is CCc1cccc(-c2c(Cl)cccc2C(O)(CCCNC(=O)OC)C2CCCN(C(=O)c3ccc(CNCC4CCCCC4)cc3)C2)c1. The molecular formula is C40H52ClN3O4. The predicted octanol–water partition coefficient (Wildman–Crippen LogP) is 8.12. The molecule has 1 saturated heterocycles. The number of hydrogen-bond acceptors (Lipinski definition) is 5. The van der Waals surface area contributed by atoms with Gasteiger partial charge in [-0.05, 0) is 97.9 Å². The molecule has 1 aliphatic carbocycles. The van der Waals surface area contributed by atoms with Crippen LogP contribution in [-0.2, 0) is 23.3 Å². The van der Waals surface area contributed by atoms with Crippen LogP contribution in [0.25, 0.3) is 11.1 Å². The lowest BCUT2D eigenvalue weighted by molar-refractivity contribution is -0.0563. The highest BCUT2D eigenvalue weighted by molar-refractivity contribution is 6.33. The summed E-state index contributed by atoms with van der Waals surface area (Å²) in [5, 5.41) is 19.8. The second kappa shape index (κ2) is 17.3. The van der Waals surface area contributed by atoms with Crippen LogP contribution in [0.3, 0.4) is 0 Å². The van der Waals surface area contributed by atoms with E-state index in [1.54, 1.807) is 0 Å². The smallest absolute Gasteiger partial charge is 0.406 e. The molecule has 0 radical (unpaired) electrons. The standard InChI is InChI=1S/C40H52ClN3O4/c1-3-29-13-7-14-33(25-29)37-35(16-8-17-36(37)41)40(47,22-10-23-43-39(46)48-2)34-15-9-24-44(28-34)38(45)32-20-18-31(19-21-32)27-42-26-30-11-5-4-6-12-30/h7-8,13-14,16-21,25,30,34,42,47H,3-6,9-12,15,22-24,26-28H2,1-2H3,(H,43,46). The summed E-state index contributed by atoms with van der Waals surface area (Å²) >= 11 is 6.92. The maximum atomic E-state index is 13.9. The number of hydrogen-bond donors (Lipinski definition) is 3. The highest BCUT2D eigenvalue weighted by atomic mass is 35.5. The Morgan fingerprint density at radius 1 is 0.979 bits per heavy atom. The molecule has 2 unspecified atom stereocenters. The number of benzene rings is 3. The molecule has 0 spiro atoms. The van der Waals surface area contributed by atoms with Crippen molar-refractivity contribution in [2.45, 2.75) is 83.3 Å². The van der Waals surface area contributed by atoms with E-state index in [1.165, 1.54) is 50.3 Å². The van der Waals surface area contributed by atoms with Crippen molar-refractivity contribution in [3.8, 4) is 11.1 Å². The number of ether oxygens (including phenoxy) is 1. The predicted molar refractivity (Wildman–Crippen MR) is 193 cm³/mol. The second-order valence-electron chi connectivity index (χ2n) is 13.6. The highest BCUT2D eigenvalue weighted by Gasteiger charge is 2.43. The van der Waals surface area contributed by atoms with E-state index in [0.29, 0.717) is 43.1 Å². The fourth-order valence-corrected chi connectivity index (χ4v) is 7.90. The number of carbonyl (C=O) groups is 2. The van der Waals surface area contributed by atoms with Crippen LogP contribution < -0.4 is 10.6 Å². The number of methoxy groups -OCH3 is 1. The van der Waals surface area contributed by atoms with Crippen molar-refractivity contribution in [1.82, 2.24) is 15.5 Å². The van der Waals surface area contributed by atoms with Crippen molar-refractivity contribution in [3.63, 3.8) is 0 Å². The Bertz CT molecular complexity index is 1510. The zero-order valence-corrected chi connectivity index (χ0v) is 29.4. The second-order valence-corrected chi connectivity index (χ2v) is 14.0. The van der Waals surface area contributed by atoms with Gasteiger partial charge in [-0.1, -0.05) is 86.3 Å². The van der Waals surface area contributed by atoms with Crippen LogP contribution in [0.4, 0.5) is 4.79 Å². The van der Waals surface area contributed by atoms with Crippen LogP contribution in [0.1, 0.15) is 91.8 Å². The molecule has 0 bridgehead atoms. The third-order valence-electron chi connectivity index (χ3n) is 10.4. The van der Waals surface area contributed by atoms with E-state index in [-0.39, 0.29) is 11.8 Å². The molecule has 8 heteroatoms. The molecule has 1 saturated carbocycles. The molecule has 5 rings (SSSR count). The van der Waals surface area contributed by atoms with E-state index in [1.807, 2.05) is 47.4 Å². The molecule has 1 heterocycles. The lowest BCUT2D eigenvalue weighted by atomic mass is 9.72. The maximum absolute atomic E-state index is 13.9. The molecule has 0 aromatic heterocycles. The average Bonchev–Trinajstić information content (AvgIpc) is 3.13. The number of halogens is 1. The third kappa shape index (κ3) is 8.99. The fraction of sp³-hybridized carbons (Fsp3) is 0.500. The van der Waals surface area contributed by atoms with Crippen molar-refractivity contribution in [2.24, 2.45) is 11.8 Å². The number of amides is 2. The van der Waals surface area contributed by atoms with Crippen molar-refractivity contribution >= 4 is 23.6 Å². The molecule has 2 aliphatic rings. The van der Waals surface area contributed by atoms with Gasteiger partial charge in [0, 0.05) is 48.2 Å². The van der Waals surface area contributed by atoms with Crippen LogP contribution in [0.15, 0.2) is 66.7 Å². The topological polar surface area (TPSA) is 90.9 Å². The first kappa shape index (κ1) is 35.9. The van der Waals surface area contributed by atoms with Crippen molar-refractivity contribution in [2.75, 3.05) is 33.3 Å². The minimum Gasteiger partial charge on any atom is -0.453 e. The molecule has 3 aromatic carbocycles. The van der Waals surface area contributed by atoms with Crippen molar-refractivity contribution in [1.29, 1.82) is 0 Å². The summed E-state index contributed by atoms with van der Waals surface area (Å²) < 4.78 is 4.75. The number of piperidine rings is 1. The van der Waals surface area contributed by atoms with Gasteiger partial charge in [0.1, 0.15) is 0 Å². The van der Waals surface area contributed by atoms with E-state index in [2.05, 4.69) is 41.8 Å². The number of likely N-dealkylation sites (tertiary alicyclic amines) is 1. The van der Waals surface area contributed by atoms with Gasteiger partial charge in [-0.2, -0.15) is 0 Å². The zero-order valence-electron chi connectivity index (χ0n) is 28.6. The zero-order chi connectivity index (χ0) is 33.9. The minimum absolute atomic E-state index is 0.0157. The lowest BCUT2D eigenvalue weighted by Gasteiger charge is -2.44. The molecule has 48 heavy (non-hydrogen) atoms. The normalized spacial score (nSPS) is 18.2. The number of nitrogens with one attached hydrogen (secondary N) is 2. The Hall–Kier alpha value is -3.39. The first-order valence-electron chi connectivity index (χ1n) is 17.8. The Labute approximate surface area is 291 Å². The van der Waals surface area contributed by atoms with Crippen LogP contribution >= 0.6 is 11.6 Å². The summed E-state index contributed by atoms with van der Waals surface area (Å²) in [4.78, 5) is 27.5. The van der Waals surface area contributed by atoms with Crippen molar-refractivity contribution < 1.29 is 19.4 Å². The van der Waals surface area contributed by atoms with Gasteiger partial charge in [-0.15, -0.1) is 0 Å². The Morgan fingerprint density at radius 3 is 2.50 bits per heavy atom. The van der Waals surface area contributed by atoms with Gasteiger partial charge < -0.3 is 25.4 Å². The van der Waals surface area contributed by atoms with Crippen LogP contribution in [0.5, 0.6) is 0 Å².